The van der Waals surface area contributed by atoms with Gasteiger partial charge in [0, 0.05) is 29.7 Å². The number of aryl methyl sites for hydroxylation is 2. The highest BCUT2D eigenvalue weighted by Gasteiger charge is 2.14. The Morgan fingerprint density at radius 3 is 2.35 bits per heavy atom. The number of para-hydroxylation sites is 1. The average molecular weight is 411 g/mol. The summed E-state index contributed by atoms with van der Waals surface area (Å²) in [6.45, 7) is 4.01. The number of pyridine rings is 3. The molecular formula is C25H18FN3O2. The highest BCUT2D eigenvalue weighted by Crippen LogP contribution is 2.21. The fraction of sp³-hybridized carbons (Fsp3) is 0.0800. The molecule has 0 bridgehead atoms. The van der Waals surface area contributed by atoms with Crippen LogP contribution < -0.4 is 11.1 Å². The highest BCUT2D eigenvalue weighted by molar-refractivity contribution is 6.04. The molecule has 0 aliphatic carbocycles. The van der Waals surface area contributed by atoms with E-state index in [2.05, 4.69) is 4.98 Å². The predicted molar refractivity (Wildman–Crippen MR) is 120 cm³/mol. The topological polar surface area (TPSA) is 56.9 Å². The molecule has 152 valence electrons. The summed E-state index contributed by atoms with van der Waals surface area (Å²) >= 11 is 0. The number of rotatable bonds is 2. The number of benzene rings is 2. The van der Waals surface area contributed by atoms with Crippen LogP contribution in [0.2, 0.25) is 0 Å². The third-order valence-corrected chi connectivity index (χ3v) is 5.68. The Morgan fingerprint density at radius 1 is 0.806 bits per heavy atom. The van der Waals surface area contributed by atoms with Crippen LogP contribution in [0.1, 0.15) is 11.1 Å². The second kappa shape index (κ2) is 7.02. The largest absolute Gasteiger partial charge is 0.284 e. The van der Waals surface area contributed by atoms with E-state index in [-0.39, 0.29) is 16.6 Å². The normalized spacial score (nSPS) is 11.3. The zero-order valence-electron chi connectivity index (χ0n) is 17.0. The summed E-state index contributed by atoms with van der Waals surface area (Å²) in [6.07, 6.45) is 4.63. The molecule has 0 atom stereocenters. The fourth-order valence-electron chi connectivity index (χ4n) is 3.83. The molecule has 5 rings (SSSR count). The van der Waals surface area contributed by atoms with E-state index in [1.807, 2.05) is 32.0 Å². The minimum atomic E-state index is -0.505. The van der Waals surface area contributed by atoms with E-state index in [1.54, 1.807) is 35.0 Å². The van der Waals surface area contributed by atoms with Crippen molar-refractivity contribution in [3.05, 3.63) is 111 Å². The van der Waals surface area contributed by atoms with Crippen molar-refractivity contribution in [2.75, 3.05) is 0 Å². The van der Waals surface area contributed by atoms with Gasteiger partial charge in [0.25, 0.3) is 11.1 Å². The summed E-state index contributed by atoms with van der Waals surface area (Å²) in [6, 6.07) is 15.3. The maximum atomic E-state index is 14.2. The molecule has 6 heteroatoms. The van der Waals surface area contributed by atoms with Gasteiger partial charge in [0.05, 0.1) is 22.0 Å². The van der Waals surface area contributed by atoms with Gasteiger partial charge in [-0.15, -0.1) is 0 Å². The molecule has 0 fully saturated rings. The Bertz CT molecular complexity index is 1620. The standard InChI is InChI=1S/C25H18FN3O2/c1-15-7-8-17(13-16(15)2)28-12-10-21-23(25(28)31)18-9-11-29(24(30)19(18)14-27-21)22-6-4-3-5-20(22)26/h3-14H,1-2H3. The van der Waals surface area contributed by atoms with Crippen LogP contribution >= 0.6 is 0 Å². The van der Waals surface area contributed by atoms with Gasteiger partial charge in [0.15, 0.2) is 0 Å². The number of hydrogen-bond acceptors (Lipinski definition) is 3. The van der Waals surface area contributed by atoms with Crippen LogP contribution in [0.5, 0.6) is 0 Å². The Labute approximate surface area is 176 Å². The van der Waals surface area contributed by atoms with Crippen molar-refractivity contribution in [3.8, 4) is 11.4 Å². The molecule has 0 aliphatic heterocycles. The molecule has 5 aromatic rings. The molecule has 0 amide bonds. The number of halogens is 1. The summed E-state index contributed by atoms with van der Waals surface area (Å²) in [5.41, 5.74) is 2.91. The molecule has 0 saturated carbocycles. The monoisotopic (exact) mass is 411 g/mol. The first kappa shape index (κ1) is 18.9. The summed E-state index contributed by atoms with van der Waals surface area (Å²) in [4.78, 5) is 30.9. The van der Waals surface area contributed by atoms with E-state index in [4.69, 9.17) is 0 Å². The lowest BCUT2D eigenvalue weighted by Crippen LogP contribution is -2.21. The lowest BCUT2D eigenvalue weighted by Gasteiger charge is -2.12. The third-order valence-electron chi connectivity index (χ3n) is 5.68. The van der Waals surface area contributed by atoms with Crippen molar-refractivity contribution < 1.29 is 4.39 Å². The van der Waals surface area contributed by atoms with Gasteiger partial charge in [0.1, 0.15) is 5.82 Å². The lowest BCUT2D eigenvalue weighted by molar-refractivity contribution is 0.616. The Balaban J connectivity index is 1.81. The minimum Gasteiger partial charge on any atom is -0.284 e. The molecular weight excluding hydrogens is 393 g/mol. The second-order valence-corrected chi connectivity index (χ2v) is 7.55. The average Bonchev–Trinajstić information content (AvgIpc) is 2.77. The number of hydrogen-bond donors (Lipinski definition) is 0. The minimum absolute atomic E-state index is 0.148. The van der Waals surface area contributed by atoms with E-state index in [0.717, 1.165) is 16.8 Å². The molecule has 3 heterocycles. The van der Waals surface area contributed by atoms with E-state index in [0.29, 0.717) is 16.3 Å². The van der Waals surface area contributed by atoms with Crippen LogP contribution in [0.25, 0.3) is 33.1 Å². The Kier molecular flexibility index (Phi) is 4.29. The predicted octanol–water partition coefficient (Wildman–Crippen LogP) is 4.45. The van der Waals surface area contributed by atoms with Crippen molar-refractivity contribution >= 4 is 21.7 Å². The number of aromatic nitrogens is 3. The molecule has 0 spiro atoms. The summed E-state index contributed by atoms with van der Waals surface area (Å²) < 4.78 is 17.0. The maximum Gasteiger partial charge on any atom is 0.265 e. The van der Waals surface area contributed by atoms with Crippen molar-refractivity contribution in [2.45, 2.75) is 13.8 Å². The quantitative estimate of drug-likeness (QED) is 0.404. The van der Waals surface area contributed by atoms with E-state index in [9.17, 15) is 14.0 Å². The van der Waals surface area contributed by atoms with Gasteiger partial charge in [-0.1, -0.05) is 18.2 Å². The zero-order chi connectivity index (χ0) is 21.7. The van der Waals surface area contributed by atoms with Gasteiger partial charge < -0.3 is 0 Å². The smallest absolute Gasteiger partial charge is 0.265 e. The molecule has 0 radical (unpaired) electrons. The van der Waals surface area contributed by atoms with Crippen LogP contribution in [-0.2, 0) is 0 Å². The van der Waals surface area contributed by atoms with E-state index in [1.165, 1.54) is 29.1 Å². The SMILES string of the molecule is Cc1ccc(-n2ccc3ncc4c(=O)n(-c5ccccc5F)ccc4c3c2=O)cc1C. The van der Waals surface area contributed by atoms with Crippen LogP contribution in [0, 0.1) is 19.7 Å². The van der Waals surface area contributed by atoms with Gasteiger partial charge >= 0.3 is 0 Å². The maximum absolute atomic E-state index is 14.2. The Morgan fingerprint density at radius 2 is 1.58 bits per heavy atom. The first-order valence-electron chi connectivity index (χ1n) is 9.84. The summed E-state index contributed by atoms with van der Waals surface area (Å²) in [5.74, 6) is -0.505. The van der Waals surface area contributed by atoms with Crippen LogP contribution in [0.3, 0.4) is 0 Å². The van der Waals surface area contributed by atoms with Gasteiger partial charge in [0.2, 0.25) is 0 Å². The van der Waals surface area contributed by atoms with Crippen molar-refractivity contribution in [2.24, 2.45) is 0 Å². The van der Waals surface area contributed by atoms with Crippen molar-refractivity contribution in [1.82, 2.24) is 14.1 Å². The first-order chi connectivity index (χ1) is 15.0. The van der Waals surface area contributed by atoms with Gasteiger partial charge in [-0.2, -0.15) is 0 Å². The molecule has 5 nitrogen and oxygen atoms in total. The van der Waals surface area contributed by atoms with Crippen LogP contribution in [0.15, 0.2) is 82.8 Å². The van der Waals surface area contributed by atoms with E-state index < -0.39 is 11.4 Å². The van der Waals surface area contributed by atoms with Crippen molar-refractivity contribution in [3.63, 3.8) is 0 Å². The highest BCUT2D eigenvalue weighted by atomic mass is 19.1. The van der Waals surface area contributed by atoms with Gasteiger partial charge in [-0.05, 0) is 61.4 Å². The first-order valence-corrected chi connectivity index (χ1v) is 9.84. The molecule has 2 aromatic carbocycles. The van der Waals surface area contributed by atoms with Crippen LogP contribution in [-0.4, -0.2) is 14.1 Å². The zero-order valence-corrected chi connectivity index (χ0v) is 17.0. The molecule has 0 saturated heterocycles. The molecule has 0 aliphatic rings. The van der Waals surface area contributed by atoms with Gasteiger partial charge in [-0.3, -0.25) is 23.7 Å². The fourth-order valence-corrected chi connectivity index (χ4v) is 3.83. The van der Waals surface area contributed by atoms with Crippen molar-refractivity contribution in [1.29, 1.82) is 0 Å². The van der Waals surface area contributed by atoms with Crippen LogP contribution in [0.4, 0.5) is 4.39 Å². The third kappa shape index (κ3) is 2.95. The second-order valence-electron chi connectivity index (χ2n) is 7.55. The van der Waals surface area contributed by atoms with Gasteiger partial charge in [-0.25, -0.2) is 4.39 Å². The summed E-state index contributed by atoms with van der Waals surface area (Å²) in [7, 11) is 0. The molecule has 0 unspecified atom stereocenters. The lowest BCUT2D eigenvalue weighted by atomic mass is 10.1. The number of fused-ring (bicyclic) bond motifs is 3. The van der Waals surface area contributed by atoms with E-state index >= 15 is 0 Å². The molecule has 0 N–H and O–H groups in total. The summed E-state index contributed by atoms with van der Waals surface area (Å²) in [5, 5.41) is 1.11. The molecule has 31 heavy (non-hydrogen) atoms. The Hall–Kier alpha value is -4.06. The number of nitrogens with zero attached hydrogens (tertiary/aromatic N) is 3. The molecule has 3 aromatic heterocycles.